The molecule has 0 bridgehead atoms. The van der Waals surface area contributed by atoms with Gasteiger partial charge in [0.1, 0.15) is 5.82 Å². The van der Waals surface area contributed by atoms with E-state index < -0.39 is 5.41 Å². The van der Waals surface area contributed by atoms with E-state index in [0.717, 1.165) is 50.1 Å². The molecule has 0 aliphatic heterocycles. The van der Waals surface area contributed by atoms with E-state index in [4.69, 9.17) is 0 Å². The van der Waals surface area contributed by atoms with Crippen LogP contribution in [-0.4, -0.2) is 0 Å². The van der Waals surface area contributed by atoms with Gasteiger partial charge in [-0.05, 0) is 137 Å². The van der Waals surface area contributed by atoms with Crippen LogP contribution in [0.5, 0.6) is 0 Å². The highest BCUT2D eigenvalue weighted by molar-refractivity contribution is 6.06. The number of nitrogens with zero attached hydrogens (tertiary/aromatic N) is 1. The highest BCUT2D eigenvalue weighted by Gasteiger charge is 2.51. The Morgan fingerprint density at radius 2 is 0.738 bits per heavy atom. The minimum Gasteiger partial charge on any atom is -0.310 e. The molecule has 2 heteroatoms. The van der Waals surface area contributed by atoms with Crippen molar-refractivity contribution in [3.05, 3.63) is 259 Å². The molecule has 2 aliphatic carbocycles. The van der Waals surface area contributed by atoms with E-state index in [1.165, 1.54) is 61.7 Å². The van der Waals surface area contributed by atoms with E-state index in [0.29, 0.717) is 0 Å². The highest BCUT2D eigenvalue weighted by Crippen LogP contribution is 2.63. The lowest BCUT2D eigenvalue weighted by molar-refractivity contribution is 0.628. The normalized spacial score (nSPS) is 12.8. The van der Waals surface area contributed by atoms with Crippen molar-refractivity contribution in [2.75, 3.05) is 4.90 Å². The third kappa shape index (κ3) is 5.39. The summed E-state index contributed by atoms with van der Waals surface area (Å²) in [5.74, 6) is -0.240. The zero-order chi connectivity index (χ0) is 40.5. The third-order valence-corrected chi connectivity index (χ3v) is 12.9. The Balaban J connectivity index is 1.04. The molecular weight excluding hydrogens is 742 g/mol. The molecule has 0 saturated heterocycles. The lowest BCUT2D eigenvalue weighted by Crippen LogP contribution is -2.26. The van der Waals surface area contributed by atoms with Crippen LogP contribution in [0.2, 0.25) is 0 Å². The summed E-state index contributed by atoms with van der Waals surface area (Å²) in [7, 11) is 0. The summed E-state index contributed by atoms with van der Waals surface area (Å²) in [6, 6.07) is 82.0. The molecule has 10 aromatic carbocycles. The first-order valence-electron chi connectivity index (χ1n) is 20.9. The standard InChI is InChI=1S/C59H38FN/c60-44-18-10-17-43(37-44)49-23-12-16-42-15-11-22-48(58(42)49)41-29-33-46(34-30-41)61(45-31-27-40(28-32-45)39-13-2-1-3-14-39)47-35-36-53-52-21-6-9-26-56(52)59(57(53)38-47)54-24-7-4-19-50(54)51-20-5-8-25-55(51)59/h1-38H. The van der Waals surface area contributed by atoms with E-state index in [2.05, 4.69) is 211 Å². The monoisotopic (exact) mass is 779 g/mol. The Bertz CT molecular complexity index is 3240. The fourth-order valence-electron chi connectivity index (χ4n) is 10.4. The van der Waals surface area contributed by atoms with Gasteiger partial charge in [-0.15, -0.1) is 0 Å². The first kappa shape index (κ1) is 35.2. The SMILES string of the molecule is Fc1cccc(-c2cccc3cccc(-c4ccc(N(c5ccc(-c6ccccc6)cc5)c5ccc6c(c5)C5(c7ccccc7-c7ccccc75)c5ccccc5-6)cc4)c23)c1. The second-order valence-electron chi connectivity index (χ2n) is 16.1. The van der Waals surface area contributed by atoms with Crippen LogP contribution in [0.4, 0.5) is 21.5 Å². The quantitative estimate of drug-likeness (QED) is 0.162. The van der Waals surface area contributed by atoms with Crippen molar-refractivity contribution in [1.82, 2.24) is 0 Å². The van der Waals surface area contributed by atoms with Crippen LogP contribution in [0.3, 0.4) is 0 Å². The summed E-state index contributed by atoms with van der Waals surface area (Å²) in [6.45, 7) is 0. The van der Waals surface area contributed by atoms with Crippen LogP contribution in [0.1, 0.15) is 22.3 Å². The topological polar surface area (TPSA) is 3.24 Å². The van der Waals surface area contributed by atoms with Crippen molar-refractivity contribution >= 4 is 27.8 Å². The Labute approximate surface area is 355 Å². The molecule has 1 nitrogen and oxygen atoms in total. The summed E-state index contributed by atoms with van der Waals surface area (Å²) in [6.07, 6.45) is 0. The number of benzene rings is 10. The summed E-state index contributed by atoms with van der Waals surface area (Å²) >= 11 is 0. The summed E-state index contributed by atoms with van der Waals surface area (Å²) in [5.41, 5.74) is 19.6. The lowest BCUT2D eigenvalue weighted by atomic mass is 9.70. The zero-order valence-electron chi connectivity index (χ0n) is 33.3. The molecule has 0 N–H and O–H groups in total. The molecule has 0 radical (unpaired) electrons. The van der Waals surface area contributed by atoms with Gasteiger partial charge in [0.25, 0.3) is 0 Å². The van der Waals surface area contributed by atoms with E-state index in [1.807, 2.05) is 6.07 Å². The molecule has 1 spiro atoms. The molecule has 286 valence electrons. The Morgan fingerprint density at radius 1 is 0.295 bits per heavy atom. The maximum absolute atomic E-state index is 14.5. The van der Waals surface area contributed by atoms with E-state index in [-0.39, 0.29) is 5.82 Å². The first-order valence-corrected chi connectivity index (χ1v) is 20.9. The molecule has 0 saturated carbocycles. The summed E-state index contributed by atoms with van der Waals surface area (Å²) in [5, 5.41) is 2.23. The van der Waals surface area contributed by atoms with Gasteiger partial charge in [0.15, 0.2) is 0 Å². The van der Waals surface area contributed by atoms with Crippen LogP contribution < -0.4 is 4.90 Å². The van der Waals surface area contributed by atoms with Gasteiger partial charge in [-0.3, -0.25) is 0 Å². The van der Waals surface area contributed by atoms with Gasteiger partial charge in [-0.2, -0.15) is 0 Å². The van der Waals surface area contributed by atoms with Gasteiger partial charge in [-0.25, -0.2) is 4.39 Å². The number of halogens is 1. The number of hydrogen-bond donors (Lipinski definition) is 0. The highest BCUT2D eigenvalue weighted by atomic mass is 19.1. The molecule has 0 atom stereocenters. The average Bonchev–Trinajstić information content (AvgIpc) is 3.79. The minimum absolute atomic E-state index is 0.240. The van der Waals surface area contributed by atoms with Crippen molar-refractivity contribution < 1.29 is 4.39 Å². The molecule has 0 aromatic heterocycles. The number of anilines is 3. The Hall–Kier alpha value is -7.81. The van der Waals surface area contributed by atoms with Gasteiger partial charge in [0.2, 0.25) is 0 Å². The van der Waals surface area contributed by atoms with Crippen LogP contribution in [0.15, 0.2) is 231 Å². The summed E-state index contributed by atoms with van der Waals surface area (Å²) < 4.78 is 14.5. The van der Waals surface area contributed by atoms with Crippen molar-refractivity contribution in [3.63, 3.8) is 0 Å². The Kier molecular flexibility index (Phi) is 8.01. The van der Waals surface area contributed by atoms with Crippen molar-refractivity contribution in [2.45, 2.75) is 5.41 Å². The molecule has 12 rings (SSSR count). The van der Waals surface area contributed by atoms with E-state index in [9.17, 15) is 4.39 Å². The van der Waals surface area contributed by atoms with E-state index in [1.54, 1.807) is 12.1 Å². The second-order valence-corrected chi connectivity index (χ2v) is 16.1. The average molecular weight is 780 g/mol. The van der Waals surface area contributed by atoms with Gasteiger partial charge >= 0.3 is 0 Å². The van der Waals surface area contributed by atoms with Gasteiger partial charge in [0.05, 0.1) is 5.41 Å². The predicted octanol–water partition coefficient (Wildman–Crippen LogP) is 15.8. The zero-order valence-corrected chi connectivity index (χ0v) is 33.3. The molecule has 61 heavy (non-hydrogen) atoms. The smallest absolute Gasteiger partial charge is 0.123 e. The molecule has 10 aromatic rings. The number of fused-ring (bicyclic) bond motifs is 11. The van der Waals surface area contributed by atoms with Crippen molar-refractivity contribution in [1.29, 1.82) is 0 Å². The molecule has 0 amide bonds. The molecule has 0 unspecified atom stereocenters. The maximum atomic E-state index is 14.5. The van der Waals surface area contributed by atoms with Gasteiger partial charge in [0, 0.05) is 17.1 Å². The number of rotatable bonds is 6. The predicted molar refractivity (Wildman–Crippen MR) is 251 cm³/mol. The van der Waals surface area contributed by atoms with Crippen LogP contribution >= 0.6 is 0 Å². The fourth-order valence-corrected chi connectivity index (χ4v) is 10.4. The van der Waals surface area contributed by atoms with Crippen molar-refractivity contribution in [2.24, 2.45) is 0 Å². The molecule has 0 fully saturated rings. The molecule has 0 heterocycles. The lowest BCUT2D eigenvalue weighted by Gasteiger charge is -2.32. The minimum atomic E-state index is -0.449. The maximum Gasteiger partial charge on any atom is 0.123 e. The number of hydrogen-bond acceptors (Lipinski definition) is 1. The van der Waals surface area contributed by atoms with Crippen molar-refractivity contribution in [3.8, 4) is 55.6 Å². The first-order chi connectivity index (χ1) is 30.2. The fraction of sp³-hybridized carbons (Fsp3) is 0.0169. The third-order valence-electron chi connectivity index (χ3n) is 12.9. The van der Waals surface area contributed by atoms with Gasteiger partial charge in [-0.1, -0.05) is 182 Å². The van der Waals surface area contributed by atoms with Gasteiger partial charge < -0.3 is 4.90 Å². The van der Waals surface area contributed by atoms with Crippen LogP contribution in [0.25, 0.3) is 66.4 Å². The summed E-state index contributed by atoms with van der Waals surface area (Å²) in [4.78, 5) is 2.39. The largest absolute Gasteiger partial charge is 0.310 e. The van der Waals surface area contributed by atoms with E-state index >= 15 is 0 Å². The van der Waals surface area contributed by atoms with Crippen LogP contribution in [0, 0.1) is 5.82 Å². The second kappa shape index (κ2) is 13.9. The molecule has 2 aliphatic rings. The van der Waals surface area contributed by atoms with Crippen LogP contribution in [-0.2, 0) is 5.41 Å². The Morgan fingerprint density at radius 3 is 1.33 bits per heavy atom. The molecular formula is C59H38FN.